The number of aliphatic hydroxyl groups is 1. The lowest BCUT2D eigenvalue weighted by molar-refractivity contribution is 0.122. The molecule has 0 fully saturated rings. The minimum Gasteiger partial charge on any atom is -0.509 e. The Hall–Kier alpha value is -1.01. The van der Waals surface area contributed by atoms with E-state index in [4.69, 9.17) is 15.1 Å². The van der Waals surface area contributed by atoms with Crippen molar-refractivity contribution >= 4 is 0 Å². The molecule has 0 radical (unpaired) electrons. The lowest BCUT2D eigenvalue weighted by atomic mass is 10.2. The Morgan fingerprint density at radius 2 is 2.56 bits per heavy atom. The third-order valence-electron chi connectivity index (χ3n) is 1.31. The first-order chi connectivity index (χ1) is 4.25. The molecule has 0 aromatic carbocycles. The molecule has 3 heteroatoms. The van der Waals surface area contributed by atoms with Crippen molar-refractivity contribution in [1.29, 1.82) is 5.26 Å². The Labute approximate surface area is 53.2 Å². The molecule has 0 amide bonds. The second-order valence-corrected chi connectivity index (χ2v) is 1.93. The summed E-state index contributed by atoms with van der Waals surface area (Å²) in [6.45, 7) is 1.92. The quantitative estimate of drug-likeness (QED) is 0.519. The van der Waals surface area contributed by atoms with Gasteiger partial charge in [0.1, 0.15) is 18.4 Å². The molecular formula is C6H7NO2. The van der Waals surface area contributed by atoms with Crippen LogP contribution in [0.1, 0.15) is 6.92 Å². The van der Waals surface area contributed by atoms with Crippen LogP contribution in [0.4, 0.5) is 0 Å². The van der Waals surface area contributed by atoms with Crippen molar-refractivity contribution in [2.75, 3.05) is 6.61 Å². The molecule has 0 saturated heterocycles. The summed E-state index contributed by atoms with van der Waals surface area (Å²) in [5.74, 6) is 0.0741. The molecule has 0 aromatic heterocycles. The van der Waals surface area contributed by atoms with Crippen LogP contribution in [0.25, 0.3) is 0 Å². The Balaban J connectivity index is 2.85. The van der Waals surface area contributed by atoms with Gasteiger partial charge in [-0.2, -0.15) is 5.26 Å². The smallest absolute Gasteiger partial charge is 0.134 e. The zero-order valence-corrected chi connectivity index (χ0v) is 5.09. The van der Waals surface area contributed by atoms with Crippen LogP contribution in [0.2, 0.25) is 0 Å². The van der Waals surface area contributed by atoms with Gasteiger partial charge >= 0.3 is 0 Å². The van der Waals surface area contributed by atoms with E-state index < -0.39 is 0 Å². The van der Waals surface area contributed by atoms with E-state index in [1.54, 1.807) is 6.92 Å². The maximum atomic E-state index is 8.89. The van der Waals surface area contributed by atoms with Crippen molar-refractivity contribution in [3.8, 4) is 6.07 Å². The monoisotopic (exact) mass is 125 g/mol. The highest BCUT2D eigenvalue weighted by Gasteiger charge is 2.21. The number of nitrogens with zero attached hydrogens (tertiary/aromatic N) is 1. The minimum absolute atomic E-state index is 0.0741. The summed E-state index contributed by atoms with van der Waals surface area (Å²) in [4.78, 5) is 0. The van der Waals surface area contributed by atoms with E-state index in [0.29, 0.717) is 5.57 Å². The second-order valence-electron chi connectivity index (χ2n) is 1.93. The van der Waals surface area contributed by atoms with Gasteiger partial charge in [-0.15, -0.1) is 0 Å². The fourth-order valence-electron chi connectivity index (χ4n) is 0.755. The Bertz CT molecular complexity index is 190. The third-order valence-corrected chi connectivity index (χ3v) is 1.31. The summed E-state index contributed by atoms with van der Waals surface area (Å²) < 4.78 is 4.92. The molecule has 48 valence electrons. The number of hydrogen-bond donors (Lipinski definition) is 1. The van der Waals surface area contributed by atoms with E-state index in [1.165, 1.54) is 0 Å². The highest BCUT2D eigenvalue weighted by molar-refractivity contribution is 5.30. The van der Waals surface area contributed by atoms with Crippen LogP contribution in [0.15, 0.2) is 11.3 Å². The molecule has 0 saturated carbocycles. The molecule has 0 bridgehead atoms. The third kappa shape index (κ3) is 0.889. The first-order valence-electron chi connectivity index (χ1n) is 2.69. The van der Waals surface area contributed by atoms with Crippen molar-refractivity contribution in [3.05, 3.63) is 11.3 Å². The molecule has 1 N–H and O–H groups in total. The van der Waals surface area contributed by atoms with Gasteiger partial charge in [0.25, 0.3) is 0 Å². The number of aliphatic hydroxyl groups excluding tert-OH is 1. The average Bonchev–Trinajstić information content (AvgIpc) is 2.12. The topological polar surface area (TPSA) is 53.2 Å². The van der Waals surface area contributed by atoms with Gasteiger partial charge in [-0.3, -0.25) is 0 Å². The Morgan fingerprint density at radius 3 is 2.78 bits per heavy atom. The molecule has 0 aromatic rings. The summed E-state index contributed by atoms with van der Waals surface area (Å²) >= 11 is 0. The predicted octanol–water partition coefficient (Wildman–Crippen LogP) is 0.741. The molecule has 0 aliphatic carbocycles. The van der Waals surface area contributed by atoms with Crippen molar-refractivity contribution in [1.82, 2.24) is 0 Å². The van der Waals surface area contributed by atoms with E-state index in [-0.39, 0.29) is 18.5 Å². The zero-order chi connectivity index (χ0) is 6.85. The highest BCUT2D eigenvalue weighted by atomic mass is 16.5. The first-order valence-corrected chi connectivity index (χ1v) is 2.69. The van der Waals surface area contributed by atoms with Crippen LogP contribution in [0, 0.1) is 11.3 Å². The molecule has 0 spiro atoms. The molecule has 1 rings (SSSR count). The van der Waals surface area contributed by atoms with Crippen molar-refractivity contribution in [2.24, 2.45) is 0 Å². The summed E-state index contributed by atoms with van der Waals surface area (Å²) in [6.07, 6.45) is -0.227. The van der Waals surface area contributed by atoms with Gasteiger partial charge in [0.05, 0.1) is 11.7 Å². The molecule has 1 aliphatic heterocycles. The SMILES string of the molecule is CC1OCC(O)=C1C#N. The van der Waals surface area contributed by atoms with Gasteiger partial charge in [-0.25, -0.2) is 0 Å². The van der Waals surface area contributed by atoms with E-state index in [9.17, 15) is 0 Å². The maximum Gasteiger partial charge on any atom is 0.134 e. The fourth-order valence-corrected chi connectivity index (χ4v) is 0.755. The Morgan fingerprint density at radius 1 is 1.89 bits per heavy atom. The average molecular weight is 125 g/mol. The van der Waals surface area contributed by atoms with Crippen LogP contribution in [0.3, 0.4) is 0 Å². The van der Waals surface area contributed by atoms with Gasteiger partial charge in [0, 0.05) is 0 Å². The molecule has 1 aliphatic rings. The molecule has 1 atom stereocenters. The standard InChI is InChI=1S/C6H7NO2/c1-4-5(2-7)6(8)3-9-4/h4,8H,3H2,1H3. The largest absolute Gasteiger partial charge is 0.509 e. The van der Waals surface area contributed by atoms with Crippen molar-refractivity contribution < 1.29 is 9.84 Å². The first kappa shape index (κ1) is 6.12. The Kier molecular flexibility index (Phi) is 1.41. The molecule has 9 heavy (non-hydrogen) atoms. The predicted molar refractivity (Wildman–Crippen MR) is 30.7 cm³/mol. The van der Waals surface area contributed by atoms with Crippen LogP contribution in [-0.2, 0) is 4.74 Å². The zero-order valence-electron chi connectivity index (χ0n) is 5.09. The van der Waals surface area contributed by atoms with Gasteiger partial charge in [-0.1, -0.05) is 0 Å². The summed E-state index contributed by atoms with van der Waals surface area (Å²) in [6, 6.07) is 1.87. The summed E-state index contributed by atoms with van der Waals surface area (Å²) in [5.41, 5.74) is 0.356. The molecule has 3 nitrogen and oxygen atoms in total. The van der Waals surface area contributed by atoms with Crippen LogP contribution in [0.5, 0.6) is 0 Å². The van der Waals surface area contributed by atoms with E-state index >= 15 is 0 Å². The van der Waals surface area contributed by atoms with E-state index in [2.05, 4.69) is 0 Å². The van der Waals surface area contributed by atoms with Crippen LogP contribution >= 0.6 is 0 Å². The summed E-state index contributed by atoms with van der Waals surface area (Å²) in [7, 11) is 0. The van der Waals surface area contributed by atoms with Crippen LogP contribution in [-0.4, -0.2) is 17.8 Å². The van der Waals surface area contributed by atoms with Crippen molar-refractivity contribution in [2.45, 2.75) is 13.0 Å². The number of ether oxygens (including phenoxy) is 1. The van der Waals surface area contributed by atoms with Gasteiger partial charge in [0.15, 0.2) is 0 Å². The second kappa shape index (κ2) is 2.08. The maximum absolute atomic E-state index is 8.89. The summed E-state index contributed by atoms with van der Waals surface area (Å²) in [5, 5.41) is 17.3. The molecule has 1 heterocycles. The van der Waals surface area contributed by atoms with Crippen LogP contribution < -0.4 is 0 Å². The number of hydrogen-bond acceptors (Lipinski definition) is 3. The highest BCUT2D eigenvalue weighted by Crippen LogP contribution is 2.17. The van der Waals surface area contributed by atoms with Crippen molar-refractivity contribution in [3.63, 3.8) is 0 Å². The van der Waals surface area contributed by atoms with E-state index in [1.807, 2.05) is 6.07 Å². The normalized spacial score (nSPS) is 26.4. The fraction of sp³-hybridized carbons (Fsp3) is 0.500. The van der Waals surface area contributed by atoms with Gasteiger partial charge in [-0.05, 0) is 6.92 Å². The lowest BCUT2D eigenvalue weighted by Gasteiger charge is -1.97. The minimum atomic E-state index is -0.227. The van der Waals surface area contributed by atoms with Gasteiger partial charge < -0.3 is 9.84 Å². The molecular weight excluding hydrogens is 118 g/mol. The molecule has 1 unspecified atom stereocenters. The number of rotatable bonds is 0. The van der Waals surface area contributed by atoms with E-state index in [0.717, 1.165) is 0 Å². The lowest BCUT2D eigenvalue weighted by Crippen LogP contribution is -2.01. The number of nitriles is 1. The van der Waals surface area contributed by atoms with Gasteiger partial charge in [0.2, 0.25) is 0 Å².